The highest BCUT2D eigenvalue weighted by Crippen LogP contribution is 2.23. The van der Waals surface area contributed by atoms with Crippen molar-refractivity contribution in [2.45, 2.75) is 20.3 Å². The van der Waals surface area contributed by atoms with Crippen LogP contribution in [0.25, 0.3) is 0 Å². The standard InChI is InChI=1S/C13H21N5/c1-4-5-17-6-8-18(9-7-17)13-12(10-14)11(2)15-16(13)3/h4-9H2,1-3H3. The van der Waals surface area contributed by atoms with Crippen LogP contribution in [0.4, 0.5) is 5.82 Å². The molecule has 0 unspecified atom stereocenters. The van der Waals surface area contributed by atoms with Gasteiger partial charge in [-0.1, -0.05) is 6.92 Å². The van der Waals surface area contributed by atoms with Gasteiger partial charge in [0.15, 0.2) is 0 Å². The maximum Gasteiger partial charge on any atom is 0.145 e. The molecule has 1 aliphatic rings. The van der Waals surface area contributed by atoms with E-state index in [1.54, 1.807) is 0 Å². The SMILES string of the molecule is CCCN1CCN(c2c(C#N)c(C)nn2C)CC1. The summed E-state index contributed by atoms with van der Waals surface area (Å²) in [5.41, 5.74) is 1.55. The molecule has 0 saturated carbocycles. The Kier molecular flexibility index (Phi) is 3.87. The molecule has 0 aromatic carbocycles. The third kappa shape index (κ3) is 2.34. The van der Waals surface area contributed by atoms with Crippen molar-refractivity contribution in [1.82, 2.24) is 14.7 Å². The normalized spacial score (nSPS) is 16.9. The quantitative estimate of drug-likeness (QED) is 0.803. The molecule has 0 atom stereocenters. The van der Waals surface area contributed by atoms with E-state index in [4.69, 9.17) is 0 Å². The maximum atomic E-state index is 9.24. The Bertz CT molecular complexity index is 449. The molecular weight excluding hydrogens is 226 g/mol. The Morgan fingerprint density at radius 1 is 1.28 bits per heavy atom. The van der Waals surface area contributed by atoms with Crippen molar-refractivity contribution in [2.75, 3.05) is 37.6 Å². The number of hydrogen-bond donors (Lipinski definition) is 0. The number of piperazine rings is 1. The zero-order valence-corrected chi connectivity index (χ0v) is 11.5. The Balaban J connectivity index is 2.13. The van der Waals surface area contributed by atoms with Crippen LogP contribution in [0.5, 0.6) is 0 Å². The Morgan fingerprint density at radius 2 is 1.94 bits per heavy atom. The molecule has 0 bridgehead atoms. The predicted octanol–water partition coefficient (Wildman–Crippen LogP) is 1.13. The van der Waals surface area contributed by atoms with Gasteiger partial charge in [0.1, 0.15) is 17.5 Å². The van der Waals surface area contributed by atoms with Gasteiger partial charge in [0.2, 0.25) is 0 Å². The van der Waals surface area contributed by atoms with E-state index in [1.165, 1.54) is 13.0 Å². The lowest BCUT2D eigenvalue weighted by molar-refractivity contribution is 0.257. The smallest absolute Gasteiger partial charge is 0.145 e. The van der Waals surface area contributed by atoms with Crippen LogP contribution in [0, 0.1) is 18.3 Å². The van der Waals surface area contributed by atoms with Crippen LogP contribution in [0.2, 0.25) is 0 Å². The van der Waals surface area contributed by atoms with E-state index in [2.05, 4.69) is 27.9 Å². The van der Waals surface area contributed by atoms with Crippen molar-refractivity contribution in [1.29, 1.82) is 5.26 Å². The van der Waals surface area contributed by atoms with Gasteiger partial charge >= 0.3 is 0 Å². The zero-order valence-electron chi connectivity index (χ0n) is 11.5. The molecule has 5 nitrogen and oxygen atoms in total. The molecule has 1 aromatic heterocycles. The van der Waals surface area contributed by atoms with Crippen LogP contribution < -0.4 is 4.90 Å². The minimum Gasteiger partial charge on any atom is -0.353 e. The number of nitriles is 1. The molecule has 1 fully saturated rings. The van der Waals surface area contributed by atoms with Crippen molar-refractivity contribution in [3.8, 4) is 6.07 Å². The topological polar surface area (TPSA) is 48.1 Å². The highest BCUT2D eigenvalue weighted by atomic mass is 15.4. The fourth-order valence-electron chi connectivity index (χ4n) is 2.64. The third-order valence-electron chi connectivity index (χ3n) is 3.52. The van der Waals surface area contributed by atoms with Crippen molar-refractivity contribution < 1.29 is 0 Å². The molecule has 18 heavy (non-hydrogen) atoms. The largest absolute Gasteiger partial charge is 0.353 e. The maximum absolute atomic E-state index is 9.24. The van der Waals surface area contributed by atoms with Crippen LogP contribution in [0.3, 0.4) is 0 Å². The summed E-state index contributed by atoms with van der Waals surface area (Å²) in [6.45, 7) is 9.39. The molecule has 0 aliphatic carbocycles. The third-order valence-corrected chi connectivity index (χ3v) is 3.52. The van der Waals surface area contributed by atoms with Crippen LogP contribution in [0.15, 0.2) is 0 Å². The summed E-state index contributed by atoms with van der Waals surface area (Å²) in [6.07, 6.45) is 1.20. The van der Waals surface area contributed by atoms with Crippen LogP contribution in [0.1, 0.15) is 24.6 Å². The number of aromatic nitrogens is 2. The van der Waals surface area contributed by atoms with E-state index in [0.29, 0.717) is 0 Å². The molecule has 0 amide bonds. The van der Waals surface area contributed by atoms with E-state index in [1.807, 2.05) is 18.7 Å². The van der Waals surface area contributed by atoms with Crippen LogP contribution >= 0.6 is 0 Å². The molecule has 0 N–H and O–H groups in total. The average molecular weight is 247 g/mol. The molecule has 1 saturated heterocycles. The number of nitrogens with zero attached hydrogens (tertiary/aromatic N) is 5. The average Bonchev–Trinajstić information content (AvgIpc) is 2.65. The van der Waals surface area contributed by atoms with Gasteiger partial charge in [-0.05, 0) is 19.9 Å². The first kappa shape index (κ1) is 12.9. The summed E-state index contributed by atoms with van der Waals surface area (Å²) < 4.78 is 1.84. The van der Waals surface area contributed by atoms with Crippen molar-refractivity contribution in [3.05, 3.63) is 11.3 Å². The minimum atomic E-state index is 0.724. The van der Waals surface area contributed by atoms with Gasteiger partial charge in [-0.25, -0.2) is 0 Å². The van der Waals surface area contributed by atoms with Gasteiger partial charge in [-0.3, -0.25) is 9.58 Å². The second kappa shape index (κ2) is 5.40. The molecule has 1 aliphatic heterocycles. The zero-order chi connectivity index (χ0) is 13.1. The molecule has 5 heteroatoms. The summed E-state index contributed by atoms with van der Waals surface area (Å²) in [6, 6.07) is 2.28. The molecule has 2 heterocycles. The molecule has 1 aromatic rings. The summed E-state index contributed by atoms with van der Waals surface area (Å²) in [4.78, 5) is 4.76. The number of anilines is 1. The number of rotatable bonds is 3. The van der Waals surface area contributed by atoms with E-state index < -0.39 is 0 Å². The summed E-state index contributed by atoms with van der Waals surface area (Å²) in [7, 11) is 1.92. The predicted molar refractivity (Wildman–Crippen MR) is 71.6 cm³/mol. The van der Waals surface area contributed by atoms with E-state index in [0.717, 1.165) is 43.3 Å². The minimum absolute atomic E-state index is 0.724. The summed E-state index contributed by atoms with van der Waals surface area (Å²) >= 11 is 0. The fourth-order valence-corrected chi connectivity index (χ4v) is 2.64. The lowest BCUT2D eigenvalue weighted by Gasteiger charge is -2.35. The Hall–Kier alpha value is -1.54. The Morgan fingerprint density at radius 3 is 2.50 bits per heavy atom. The van der Waals surface area contributed by atoms with Gasteiger partial charge in [0.05, 0.1) is 5.69 Å². The number of aryl methyl sites for hydroxylation is 2. The second-order valence-electron chi connectivity index (χ2n) is 4.85. The van der Waals surface area contributed by atoms with Gasteiger partial charge in [0, 0.05) is 33.2 Å². The highest BCUT2D eigenvalue weighted by molar-refractivity contribution is 5.57. The van der Waals surface area contributed by atoms with Gasteiger partial charge in [-0.2, -0.15) is 10.4 Å². The number of hydrogen-bond acceptors (Lipinski definition) is 4. The first-order valence-corrected chi connectivity index (χ1v) is 6.58. The Labute approximate surface area is 109 Å². The van der Waals surface area contributed by atoms with Gasteiger partial charge in [0.25, 0.3) is 0 Å². The van der Waals surface area contributed by atoms with E-state index in [-0.39, 0.29) is 0 Å². The first-order valence-electron chi connectivity index (χ1n) is 6.58. The van der Waals surface area contributed by atoms with Crippen LogP contribution in [-0.4, -0.2) is 47.4 Å². The first-order chi connectivity index (χ1) is 8.67. The second-order valence-corrected chi connectivity index (χ2v) is 4.85. The molecular formula is C13H21N5. The molecule has 0 spiro atoms. The van der Waals surface area contributed by atoms with Crippen molar-refractivity contribution in [3.63, 3.8) is 0 Å². The molecule has 98 valence electrons. The van der Waals surface area contributed by atoms with Crippen LogP contribution in [-0.2, 0) is 7.05 Å². The lowest BCUT2D eigenvalue weighted by Crippen LogP contribution is -2.47. The summed E-state index contributed by atoms with van der Waals surface area (Å²) in [5, 5.41) is 13.6. The molecule has 0 radical (unpaired) electrons. The lowest BCUT2D eigenvalue weighted by atomic mass is 10.2. The van der Waals surface area contributed by atoms with E-state index in [9.17, 15) is 5.26 Å². The van der Waals surface area contributed by atoms with Gasteiger partial charge < -0.3 is 4.90 Å². The fraction of sp³-hybridized carbons (Fsp3) is 0.692. The highest BCUT2D eigenvalue weighted by Gasteiger charge is 2.23. The summed E-state index contributed by atoms with van der Waals surface area (Å²) in [5.74, 6) is 0.978. The van der Waals surface area contributed by atoms with E-state index >= 15 is 0 Å². The van der Waals surface area contributed by atoms with Gasteiger partial charge in [-0.15, -0.1) is 0 Å². The van der Waals surface area contributed by atoms with Crippen molar-refractivity contribution >= 4 is 5.82 Å². The monoisotopic (exact) mass is 247 g/mol. The van der Waals surface area contributed by atoms with Crippen molar-refractivity contribution in [2.24, 2.45) is 7.05 Å². The molecule has 2 rings (SSSR count).